The summed E-state index contributed by atoms with van der Waals surface area (Å²) < 4.78 is 20.0. The predicted molar refractivity (Wildman–Crippen MR) is 262 cm³/mol. The zero-order valence-corrected chi connectivity index (χ0v) is 38.4. The van der Waals surface area contributed by atoms with E-state index in [1.807, 2.05) is 89.8 Å². The number of aliphatic hydroxyl groups is 1. The highest BCUT2D eigenvalue weighted by atomic mass is 16.6. The van der Waals surface area contributed by atoms with Gasteiger partial charge in [-0.15, -0.1) is 11.7 Å². The number of cyclic esters (lactones) is 1. The Balaban J connectivity index is 1.21. The van der Waals surface area contributed by atoms with Crippen molar-refractivity contribution in [3.63, 3.8) is 0 Å². The average Bonchev–Trinajstić information content (AvgIpc) is 4.05. The van der Waals surface area contributed by atoms with Gasteiger partial charge in [0.25, 0.3) is 5.69 Å². The molecule has 17 heteroatoms. The topological polar surface area (TPSA) is 209 Å². The van der Waals surface area contributed by atoms with Gasteiger partial charge in [-0.2, -0.15) is 0 Å². The van der Waals surface area contributed by atoms with Gasteiger partial charge >= 0.3 is 12.1 Å². The number of nitrogens with zero attached hydrogens (tertiary/aromatic N) is 6. The summed E-state index contributed by atoms with van der Waals surface area (Å²) >= 11 is 0. The van der Waals surface area contributed by atoms with Gasteiger partial charge in [0.1, 0.15) is 48.6 Å². The van der Waals surface area contributed by atoms with Crippen LogP contribution < -0.4 is 15.0 Å². The molecule has 0 radical (unpaired) electrons. The Labute approximate surface area is 412 Å². The van der Waals surface area contributed by atoms with E-state index in [0.717, 1.165) is 10.4 Å². The molecule has 10 rings (SSSR count). The minimum absolute atomic E-state index is 0.0401. The molecule has 1 aromatic heterocycles. The van der Waals surface area contributed by atoms with Crippen LogP contribution in [0.1, 0.15) is 51.6 Å². The van der Waals surface area contributed by atoms with Gasteiger partial charge in [-0.05, 0) is 82.4 Å². The number of para-hydroxylation sites is 1. The van der Waals surface area contributed by atoms with Crippen LogP contribution in [-0.2, 0) is 42.4 Å². The number of nitro benzene ring substituents is 1. The van der Waals surface area contributed by atoms with E-state index in [2.05, 4.69) is 34.0 Å². The van der Waals surface area contributed by atoms with Crippen molar-refractivity contribution in [3.8, 4) is 17.6 Å². The van der Waals surface area contributed by atoms with Crippen LogP contribution >= 0.6 is 0 Å². The minimum atomic E-state index is -2.13. The van der Waals surface area contributed by atoms with Gasteiger partial charge in [-0.25, -0.2) is 14.4 Å². The number of carbonyl (C=O) groups is 4. The number of hydrogen-bond donors (Lipinski definition) is 2. The number of anilines is 1. The third-order valence-corrected chi connectivity index (χ3v) is 13.3. The number of benzene rings is 6. The molecule has 4 heterocycles. The maximum absolute atomic E-state index is 16.5. The summed E-state index contributed by atoms with van der Waals surface area (Å²) in [6.07, 6.45) is -0.594. The van der Waals surface area contributed by atoms with Crippen molar-refractivity contribution in [1.82, 2.24) is 25.2 Å². The molecule has 6 aromatic carbocycles. The first-order chi connectivity index (χ1) is 35.1. The van der Waals surface area contributed by atoms with Crippen LogP contribution in [0.3, 0.4) is 0 Å². The lowest BCUT2D eigenvalue weighted by atomic mass is 9.65. The smallest absolute Gasteiger partial charge is 0.421 e. The molecule has 2 saturated heterocycles. The maximum atomic E-state index is 16.5. The fraction of sp³-hybridized carbons (Fsp3) is 0.200. The van der Waals surface area contributed by atoms with Gasteiger partial charge in [0.15, 0.2) is 0 Å². The highest BCUT2D eigenvalue weighted by molar-refractivity contribution is 6.23. The number of non-ortho nitro benzene ring substituents is 1. The highest BCUT2D eigenvalue weighted by Crippen LogP contribution is 2.66. The predicted octanol–water partition coefficient (Wildman–Crippen LogP) is 7.07. The number of rotatable bonds is 13. The number of aliphatic hydroxyl groups excluding tert-OH is 1. The molecular formula is C55H45N7O10. The number of ether oxygens (including phenoxy) is 3. The first kappa shape index (κ1) is 46.7. The molecule has 0 saturated carbocycles. The zero-order valence-electron chi connectivity index (χ0n) is 38.4. The zero-order chi connectivity index (χ0) is 49.9. The van der Waals surface area contributed by atoms with Gasteiger partial charge in [0, 0.05) is 24.2 Å². The molecule has 1 spiro atoms. The lowest BCUT2D eigenvalue weighted by molar-refractivity contribution is -0.384. The van der Waals surface area contributed by atoms with Gasteiger partial charge in [-0.3, -0.25) is 29.4 Å². The molecule has 0 aliphatic carbocycles. The number of esters is 1. The summed E-state index contributed by atoms with van der Waals surface area (Å²) in [5, 5.41) is 32.6. The standard InChI is InChI=1S/C55H45N7O10/c1-2-28-56-51(64)46-48-52(65)72-49(38-16-7-4-8-17-38)47(37-14-5-3-6-15-37)61(48)50(39-18-11-19-41(33-39)70-31-30-63)55(46)42-32-35(13-12-29-59-45-21-10-9-20-43(45)57-58-59)24-27-44(42)60(53(55)66)54(67)71-34-36-22-25-40(26-23-36)62(68)69/h2-11,14-27,32-33,46-50,63H,1,28-31,34H2,(H,56,64)/t46-,47-,48-,49+,50+,55-/m0/s1. The fourth-order valence-electron chi connectivity index (χ4n) is 10.4. The quantitative estimate of drug-likeness (QED) is 0.0390. The summed E-state index contributed by atoms with van der Waals surface area (Å²) in [6, 6.07) is 39.7. The Morgan fingerprint density at radius 1 is 0.875 bits per heavy atom. The van der Waals surface area contributed by atoms with Gasteiger partial charge in [0.05, 0.1) is 40.7 Å². The third kappa shape index (κ3) is 8.27. The summed E-state index contributed by atoms with van der Waals surface area (Å²) in [5.41, 5.74) is 2.04. The van der Waals surface area contributed by atoms with E-state index in [1.54, 1.807) is 47.1 Å². The Kier molecular flexibility index (Phi) is 12.8. The number of nitrogens with one attached hydrogen (secondary N) is 1. The van der Waals surface area contributed by atoms with Crippen molar-refractivity contribution in [3.05, 3.63) is 208 Å². The second kappa shape index (κ2) is 19.8. The number of amides is 3. The molecule has 3 aliphatic heterocycles. The Hall–Kier alpha value is -8.98. The minimum Gasteiger partial charge on any atom is -0.491 e. The van der Waals surface area contributed by atoms with Crippen LogP contribution in [0.25, 0.3) is 11.0 Å². The molecule has 7 aromatic rings. The van der Waals surface area contributed by atoms with Crippen molar-refractivity contribution >= 4 is 46.3 Å². The molecule has 72 heavy (non-hydrogen) atoms. The van der Waals surface area contributed by atoms with E-state index in [1.165, 1.54) is 30.3 Å². The monoisotopic (exact) mass is 963 g/mol. The van der Waals surface area contributed by atoms with Crippen LogP contribution in [0.5, 0.6) is 5.75 Å². The van der Waals surface area contributed by atoms with Crippen LogP contribution in [-0.4, -0.2) is 79.6 Å². The largest absolute Gasteiger partial charge is 0.491 e. The molecular weight excluding hydrogens is 919 g/mol. The molecule has 17 nitrogen and oxygen atoms in total. The summed E-state index contributed by atoms with van der Waals surface area (Å²) in [6.45, 7) is 3.18. The van der Waals surface area contributed by atoms with E-state index in [9.17, 15) is 20.0 Å². The van der Waals surface area contributed by atoms with Crippen LogP contribution in [0.2, 0.25) is 0 Å². The average molecular weight is 964 g/mol. The van der Waals surface area contributed by atoms with E-state index in [-0.39, 0.29) is 49.8 Å². The van der Waals surface area contributed by atoms with E-state index < -0.39 is 64.4 Å². The van der Waals surface area contributed by atoms with Crippen LogP contribution in [0.15, 0.2) is 164 Å². The van der Waals surface area contributed by atoms with Gasteiger partial charge < -0.3 is 24.6 Å². The number of fused-ring (bicyclic) bond motifs is 4. The first-order valence-electron chi connectivity index (χ1n) is 23.1. The van der Waals surface area contributed by atoms with Crippen molar-refractivity contribution in [2.75, 3.05) is 24.7 Å². The molecule has 0 unspecified atom stereocenters. The van der Waals surface area contributed by atoms with Crippen LogP contribution in [0.4, 0.5) is 16.2 Å². The molecule has 2 N–H and O–H groups in total. The van der Waals surface area contributed by atoms with Crippen molar-refractivity contribution in [1.29, 1.82) is 0 Å². The van der Waals surface area contributed by atoms with E-state index in [0.29, 0.717) is 39.1 Å². The lowest BCUT2D eigenvalue weighted by Crippen LogP contribution is -2.55. The second-order valence-electron chi connectivity index (χ2n) is 17.3. The van der Waals surface area contributed by atoms with Crippen molar-refractivity contribution in [2.45, 2.75) is 42.8 Å². The molecule has 2 fully saturated rings. The molecule has 6 atom stereocenters. The summed E-state index contributed by atoms with van der Waals surface area (Å²) in [7, 11) is 0. The Bertz CT molecular complexity index is 3300. The molecule has 0 bridgehead atoms. The van der Waals surface area contributed by atoms with Gasteiger partial charge in [-0.1, -0.05) is 108 Å². The first-order valence-corrected chi connectivity index (χ1v) is 23.1. The Morgan fingerprint density at radius 3 is 2.33 bits per heavy atom. The number of carbonyl (C=O) groups excluding carboxylic acids is 4. The summed E-state index contributed by atoms with van der Waals surface area (Å²) in [4.78, 5) is 75.7. The number of morpholine rings is 1. The second-order valence-corrected chi connectivity index (χ2v) is 17.3. The summed E-state index contributed by atoms with van der Waals surface area (Å²) in [5.74, 6) is 2.75. The SMILES string of the molecule is C=CCNC(=O)[C@@H]1[C@H]2C(=O)O[C@H](c3ccccc3)[C@H](c3ccccc3)N2[C@H](c2cccc(OCCO)c2)[C@@]12C(=O)N(C(=O)OCc1ccc([N+](=O)[O-])cc1)c1ccc(C#CCn3nnc4ccccc43)cc12. The number of imide groups is 1. The maximum Gasteiger partial charge on any atom is 0.421 e. The van der Waals surface area contributed by atoms with E-state index in [4.69, 9.17) is 14.2 Å². The Morgan fingerprint density at radius 2 is 1.60 bits per heavy atom. The number of aromatic nitrogens is 3. The number of nitro groups is 1. The normalized spacial score (nSPS) is 21.0. The fourth-order valence-corrected chi connectivity index (χ4v) is 10.4. The third-order valence-electron chi connectivity index (χ3n) is 13.3. The van der Waals surface area contributed by atoms with Crippen molar-refractivity contribution < 1.29 is 43.4 Å². The van der Waals surface area contributed by atoms with Gasteiger partial charge in [0.2, 0.25) is 11.8 Å². The molecule has 3 aliphatic rings. The highest BCUT2D eigenvalue weighted by Gasteiger charge is 2.75. The lowest BCUT2D eigenvalue weighted by Gasteiger charge is -2.46. The van der Waals surface area contributed by atoms with Crippen molar-refractivity contribution in [2.24, 2.45) is 5.92 Å². The van der Waals surface area contributed by atoms with Crippen LogP contribution in [0, 0.1) is 27.9 Å². The number of hydrogen-bond acceptors (Lipinski definition) is 13. The molecule has 3 amide bonds. The van der Waals surface area contributed by atoms with E-state index >= 15 is 14.4 Å². The molecule has 360 valence electrons.